The highest BCUT2D eigenvalue weighted by Gasteiger charge is 2.38. The minimum atomic E-state index is -1.76. The molecule has 11 heteroatoms. The van der Waals surface area contributed by atoms with Gasteiger partial charge in [-0.2, -0.15) is 0 Å². The van der Waals surface area contributed by atoms with Gasteiger partial charge in [0.15, 0.2) is 19.8 Å². The Labute approximate surface area is 211 Å². The van der Waals surface area contributed by atoms with Crippen molar-refractivity contribution in [3.05, 3.63) is 42.5 Å². The molecule has 1 aliphatic heterocycles. The van der Waals surface area contributed by atoms with Gasteiger partial charge in [-0.3, -0.25) is 4.90 Å². The van der Waals surface area contributed by atoms with Gasteiger partial charge < -0.3 is 19.3 Å². The van der Waals surface area contributed by atoms with Crippen LogP contribution in [0.5, 0.6) is 0 Å². The van der Waals surface area contributed by atoms with E-state index in [1.807, 2.05) is 6.92 Å². The van der Waals surface area contributed by atoms with E-state index in [9.17, 15) is 4.39 Å². The number of fused-ring (bicyclic) bond motifs is 2. The van der Waals surface area contributed by atoms with Crippen LogP contribution in [-0.2, 0) is 4.43 Å². The van der Waals surface area contributed by atoms with Crippen LogP contribution in [0.3, 0.4) is 0 Å². The van der Waals surface area contributed by atoms with Crippen molar-refractivity contribution in [1.82, 2.24) is 34.4 Å². The lowest BCUT2D eigenvalue weighted by Crippen LogP contribution is -2.50. The average molecular weight is 511 g/mol. The number of nitrogens with one attached hydrogen (secondary N) is 2. The smallest absolute Gasteiger partial charge is 0.192 e. The van der Waals surface area contributed by atoms with Gasteiger partial charge >= 0.3 is 0 Å². The molecule has 0 spiro atoms. The fourth-order valence-corrected chi connectivity index (χ4v) is 5.49. The Hall–Kier alpha value is -2.89. The first-order chi connectivity index (χ1) is 17.0. The van der Waals surface area contributed by atoms with Crippen LogP contribution in [0.15, 0.2) is 30.9 Å². The van der Waals surface area contributed by atoms with E-state index in [2.05, 4.69) is 68.6 Å². The number of hydrogen-bond donors (Lipinski definition) is 2. The first-order valence-corrected chi connectivity index (χ1v) is 15.4. The fourth-order valence-electron chi connectivity index (χ4n) is 4.45. The molecule has 4 aromatic rings. The lowest BCUT2D eigenvalue weighted by atomic mass is 10.1. The van der Waals surface area contributed by atoms with Gasteiger partial charge in [-0.15, -0.1) is 0 Å². The zero-order valence-electron chi connectivity index (χ0n) is 21.8. The van der Waals surface area contributed by atoms with Crippen LogP contribution < -0.4 is 5.32 Å². The van der Waals surface area contributed by atoms with Crippen molar-refractivity contribution in [2.75, 3.05) is 31.6 Å². The molecule has 2 N–H and O–H groups in total. The first-order valence-electron chi connectivity index (χ1n) is 12.5. The summed E-state index contributed by atoms with van der Waals surface area (Å²) in [5.41, 5.74) is 2.95. The van der Waals surface area contributed by atoms with Gasteiger partial charge in [-0.25, -0.2) is 24.3 Å². The molecule has 0 aliphatic carbocycles. The van der Waals surface area contributed by atoms with E-state index in [1.54, 1.807) is 18.5 Å². The number of likely N-dealkylation sites (tertiary alicyclic amines) is 1. The van der Waals surface area contributed by atoms with Crippen molar-refractivity contribution in [3.63, 3.8) is 0 Å². The monoisotopic (exact) mass is 510 g/mol. The van der Waals surface area contributed by atoms with Crippen molar-refractivity contribution >= 4 is 36.3 Å². The van der Waals surface area contributed by atoms with Gasteiger partial charge in [-0.1, -0.05) is 20.8 Å². The minimum Gasteiger partial charge on any atom is -0.416 e. The third kappa shape index (κ3) is 4.62. The quantitative estimate of drug-likeness (QED) is 0.326. The molecule has 1 aliphatic rings. The van der Waals surface area contributed by atoms with Gasteiger partial charge in [0, 0.05) is 26.2 Å². The van der Waals surface area contributed by atoms with E-state index in [1.165, 1.54) is 12.4 Å². The van der Waals surface area contributed by atoms with Crippen LogP contribution in [0.1, 0.15) is 45.6 Å². The average Bonchev–Trinajstić information content (AvgIpc) is 3.40. The second-order valence-electron chi connectivity index (χ2n) is 11.2. The highest BCUT2D eigenvalue weighted by atomic mass is 28.4. The molecule has 0 unspecified atom stereocenters. The van der Waals surface area contributed by atoms with Gasteiger partial charge in [0.2, 0.25) is 0 Å². The Morgan fingerprint density at radius 3 is 2.75 bits per heavy atom. The third-order valence-corrected chi connectivity index (χ3v) is 12.2. The number of aromatic nitrogens is 6. The van der Waals surface area contributed by atoms with Crippen LogP contribution >= 0.6 is 0 Å². The molecule has 5 rings (SSSR count). The van der Waals surface area contributed by atoms with Crippen LogP contribution in [0.25, 0.3) is 22.2 Å². The van der Waals surface area contributed by atoms with Crippen LogP contribution in [0.2, 0.25) is 18.1 Å². The standard InChI is InChI=1S/C25H35FN8OSi/c1-16(31-23-21-22(28-14-27-21)29-15-30-23)24-32-19-8-7-17(26)11-20(19)34(24)18-12-33(13-18)9-10-35-36(5,6)25(2,3)4/h7-8,11,14-16,18H,9-10,12-13H2,1-6H3,(H2,27,28,29,30,31)/t16-/m0/s1. The molecule has 4 heterocycles. The molecule has 1 atom stereocenters. The minimum absolute atomic E-state index is 0.169. The zero-order valence-corrected chi connectivity index (χ0v) is 22.8. The summed E-state index contributed by atoms with van der Waals surface area (Å²) in [4.78, 5) is 23.2. The van der Waals surface area contributed by atoms with Crippen LogP contribution in [0.4, 0.5) is 10.2 Å². The predicted octanol–water partition coefficient (Wildman–Crippen LogP) is 4.89. The molecular formula is C25H35FN8OSi. The van der Waals surface area contributed by atoms with Crippen LogP contribution in [0, 0.1) is 5.82 Å². The number of rotatable bonds is 8. The Morgan fingerprint density at radius 1 is 1.22 bits per heavy atom. The lowest BCUT2D eigenvalue weighted by Gasteiger charge is -2.42. The molecule has 0 amide bonds. The number of anilines is 1. The normalized spacial score (nSPS) is 16.5. The van der Waals surface area contributed by atoms with E-state index >= 15 is 0 Å². The van der Waals surface area contributed by atoms with Gasteiger partial charge in [0.05, 0.1) is 29.4 Å². The number of nitrogens with zero attached hydrogens (tertiary/aromatic N) is 6. The second-order valence-corrected chi connectivity index (χ2v) is 16.0. The number of aromatic amines is 1. The first kappa shape index (κ1) is 24.8. The maximum atomic E-state index is 14.2. The molecular weight excluding hydrogens is 475 g/mol. The molecule has 9 nitrogen and oxygen atoms in total. The predicted molar refractivity (Wildman–Crippen MR) is 142 cm³/mol. The van der Waals surface area contributed by atoms with E-state index < -0.39 is 8.32 Å². The van der Waals surface area contributed by atoms with Crippen LogP contribution in [-0.4, -0.2) is 68.9 Å². The summed E-state index contributed by atoms with van der Waals surface area (Å²) in [7, 11) is -1.76. The molecule has 1 saturated heterocycles. The number of benzene rings is 1. The summed E-state index contributed by atoms with van der Waals surface area (Å²) in [6.45, 7) is 16.8. The molecule has 0 bridgehead atoms. The number of imidazole rings is 2. The summed E-state index contributed by atoms with van der Waals surface area (Å²) in [6, 6.07) is 4.84. The molecule has 0 saturated carbocycles. The second kappa shape index (κ2) is 9.20. The maximum Gasteiger partial charge on any atom is 0.192 e. The topological polar surface area (TPSA) is 96.8 Å². The third-order valence-electron chi connectivity index (χ3n) is 7.62. The van der Waals surface area contributed by atoms with E-state index in [4.69, 9.17) is 9.41 Å². The summed E-state index contributed by atoms with van der Waals surface area (Å²) in [5.74, 6) is 1.25. The molecule has 1 fully saturated rings. The van der Waals surface area contributed by atoms with Gasteiger partial charge in [-0.05, 0) is 43.3 Å². The van der Waals surface area contributed by atoms with Crippen molar-refractivity contribution in [2.24, 2.45) is 0 Å². The summed E-state index contributed by atoms with van der Waals surface area (Å²) >= 11 is 0. The maximum absolute atomic E-state index is 14.2. The molecule has 192 valence electrons. The summed E-state index contributed by atoms with van der Waals surface area (Å²) in [5, 5.41) is 3.66. The fraction of sp³-hybridized carbons (Fsp3) is 0.520. The van der Waals surface area contributed by atoms with E-state index in [-0.39, 0.29) is 22.9 Å². The summed E-state index contributed by atoms with van der Waals surface area (Å²) in [6.07, 6.45) is 3.09. The van der Waals surface area contributed by atoms with Crippen molar-refractivity contribution in [3.8, 4) is 0 Å². The Balaban J connectivity index is 1.33. The Kier molecular flexibility index (Phi) is 6.34. The number of H-pyrrole nitrogens is 1. The number of hydrogen-bond acceptors (Lipinski definition) is 7. The summed E-state index contributed by atoms with van der Waals surface area (Å²) < 4.78 is 22.8. The molecule has 0 radical (unpaired) electrons. The van der Waals surface area contributed by atoms with E-state index in [0.29, 0.717) is 11.5 Å². The van der Waals surface area contributed by atoms with E-state index in [0.717, 1.165) is 48.6 Å². The van der Waals surface area contributed by atoms with Crippen molar-refractivity contribution < 1.29 is 8.82 Å². The molecule has 1 aromatic carbocycles. The SMILES string of the molecule is C[C@H](Nc1ncnc2nc[nH]c12)c1nc2ccc(F)cc2n1C1CN(CCO[Si](C)(C)C(C)(C)C)C1. The highest BCUT2D eigenvalue weighted by Crippen LogP contribution is 2.37. The molecule has 3 aromatic heterocycles. The Morgan fingerprint density at radius 2 is 2.00 bits per heavy atom. The van der Waals surface area contributed by atoms with Crippen molar-refractivity contribution in [1.29, 1.82) is 0 Å². The zero-order chi connectivity index (χ0) is 25.7. The molecule has 36 heavy (non-hydrogen) atoms. The van der Waals surface area contributed by atoms with Gasteiger partial charge in [0.1, 0.15) is 23.5 Å². The Bertz CT molecular complexity index is 1370. The lowest BCUT2D eigenvalue weighted by molar-refractivity contribution is 0.0860. The highest BCUT2D eigenvalue weighted by molar-refractivity contribution is 6.74. The van der Waals surface area contributed by atoms with Crippen molar-refractivity contribution in [2.45, 2.75) is 57.9 Å². The largest absolute Gasteiger partial charge is 0.416 e. The van der Waals surface area contributed by atoms with Gasteiger partial charge in [0.25, 0.3) is 0 Å². The number of halogens is 1.